The molecule has 1 N–H and O–H groups in total. The summed E-state index contributed by atoms with van der Waals surface area (Å²) in [5.41, 5.74) is -0.685. The van der Waals surface area contributed by atoms with Gasteiger partial charge >= 0.3 is 11.8 Å². The molecule has 0 saturated carbocycles. The number of aromatic nitrogens is 2. The van der Waals surface area contributed by atoms with Crippen LogP contribution in [0.2, 0.25) is 0 Å². The zero-order chi connectivity index (χ0) is 18.2. The van der Waals surface area contributed by atoms with Gasteiger partial charge in [-0.3, -0.25) is 9.36 Å². The number of rotatable bonds is 1. The van der Waals surface area contributed by atoms with Gasteiger partial charge in [0.15, 0.2) is 0 Å². The van der Waals surface area contributed by atoms with Crippen LogP contribution in [0.4, 0.5) is 4.79 Å². The fourth-order valence-corrected chi connectivity index (χ4v) is 3.14. The molecule has 1 aromatic carbocycles. The monoisotopic (exact) mass is 345 g/mol. The summed E-state index contributed by atoms with van der Waals surface area (Å²) in [6.45, 7) is 6.39. The largest absolute Gasteiger partial charge is 0.444 e. The minimum atomic E-state index is -0.541. The van der Waals surface area contributed by atoms with E-state index < -0.39 is 11.3 Å². The lowest BCUT2D eigenvalue weighted by molar-refractivity contribution is 0.0186. The number of nitrogens with one attached hydrogen (secondary N) is 1. The van der Waals surface area contributed by atoms with E-state index in [9.17, 15) is 14.4 Å². The molecule has 0 radical (unpaired) electrons. The zero-order valence-corrected chi connectivity index (χ0v) is 14.7. The molecule has 1 saturated heterocycles. The van der Waals surface area contributed by atoms with Crippen LogP contribution in [0.1, 0.15) is 39.7 Å². The third-order valence-corrected chi connectivity index (χ3v) is 4.32. The first kappa shape index (κ1) is 17.3. The molecule has 134 valence electrons. The third kappa shape index (κ3) is 3.60. The van der Waals surface area contributed by atoms with Crippen LogP contribution >= 0.6 is 0 Å². The van der Waals surface area contributed by atoms with Crippen LogP contribution in [0, 0.1) is 0 Å². The fourth-order valence-electron chi connectivity index (χ4n) is 3.14. The molecular formula is C18H23N3O4. The van der Waals surface area contributed by atoms with Gasteiger partial charge < -0.3 is 14.6 Å². The van der Waals surface area contributed by atoms with Gasteiger partial charge in [-0.15, -0.1) is 0 Å². The van der Waals surface area contributed by atoms with Crippen LogP contribution in [0.5, 0.6) is 0 Å². The highest BCUT2D eigenvalue weighted by atomic mass is 16.6. The van der Waals surface area contributed by atoms with Crippen molar-refractivity contribution in [3.05, 3.63) is 45.1 Å². The molecule has 0 bridgehead atoms. The number of amides is 1. The summed E-state index contributed by atoms with van der Waals surface area (Å²) < 4.78 is 6.66. The Balaban J connectivity index is 1.80. The second-order valence-corrected chi connectivity index (χ2v) is 7.35. The predicted octanol–water partition coefficient (Wildman–Crippen LogP) is 2.26. The molecule has 1 aromatic heterocycles. The third-order valence-electron chi connectivity index (χ3n) is 4.32. The summed E-state index contributed by atoms with van der Waals surface area (Å²) in [6, 6.07) is 6.76. The molecule has 0 unspecified atom stereocenters. The molecule has 7 nitrogen and oxygen atoms in total. The van der Waals surface area contributed by atoms with Crippen molar-refractivity contribution in [2.45, 2.75) is 45.3 Å². The molecule has 0 atom stereocenters. The highest BCUT2D eigenvalue weighted by Gasteiger charge is 2.29. The number of likely N-dealkylation sites (tertiary alicyclic amines) is 1. The minimum Gasteiger partial charge on any atom is -0.444 e. The summed E-state index contributed by atoms with van der Waals surface area (Å²) in [4.78, 5) is 41.6. The molecule has 7 heteroatoms. The average molecular weight is 345 g/mol. The summed E-state index contributed by atoms with van der Waals surface area (Å²) in [6.07, 6.45) is 0.729. The minimum absolute atomic E-state index is 0.223. The number of carbonyl (C=O) groups excluding carboxylic acids is 1. The van der Waals surface area contributed by atoms with E-state index in [4.69, 9.17) is 4.74 Å². The first-order valence-electron chi connectivity index (χ1n) is 8.48. The van der Waals surface area contributed by atoms with E-state index in [0.29, 0.717) is 36.8 Å². The van der Waals surface area contributed by atoms with Crippen LogP contribution < -0.4 is 11.2 Å². The van der Waals surface area contributed by atoms with Crippen molar-refractivity contribution in [1.29, 1.82) is 0 Å². The van der Waals surface area contributed by atoms with Crippen molar-refractivity contribution >= 4 is 17.0 Å². The Morgan fingerprint density at radius 2 is 1.80 bits per heavy atom. The molecule has 2 aromatic rings. The zero-order valence-electron chi connectivity index (χ0n) is 14.7. The molecule has 1 aliphatic heterocycles. The Hall–Kier alpha value is -2.57. The standard InChI is InChI=1S/C18H23N3O4/c1-18(2,3)25-17(24)20-10-8-12(9-11-20)21-15(22)13-6-4-5-7-14(13)19-16(21)23/h4-7,12H,8-11H2,1-3H3,(H,19,23). The van der Waals surface area contributed by atoms with Crippen molar-refractivity contribution in [3.63, 3.8) is 0 Å². The van der Waals surface area contributed by atoms with Gasteiger partial charge in [-0.1, -0.05) is 12.1 Å². The number of nitrogens with zero attached hydrogens (tertiary/aromatic N) is 2. The molecule has 1 amide bonds. The van der Waals surface area contributed by atoms with E-state index in [2.05, 4.69) is 4.98 Å². The van der Waals surface area contributed by atoms with E-state index in [1.165, 1.54) is 4.57 Å². The van der Waals surface area contributed by atoms with Gasteiger partial charge in [0, 0.05) is 19.1 Å². The number of carbonyl (C=O) groups is 1. The topological polar surface area (TPSA) is 84.4 Å². The van der Waals surface area contributed by atoms with E-state index >= 15 is 0 Å². The fraction of sp³-hybridized carbons (Fsp3) is 0.500. The smallest absolute Gasteiger partial charge is 0.410 e. The van der Waals surface area contributed by atoms with Gasteiger partial charge in [0.05, 0.1) is 10.9 Å². The molecule has 25 heavy (non-hydrogen) atoms. The van der Waals surface area contributed by atoms with E-state index in [1.54, 1.807) is 29.2 Å². The number of ether oxygens (including phenoxy) is 1. The van der Waals surface area contributed by atoms with E-state index in [1.807, 2.05) is 20.8 Å². The Morgan fingerprint density at radius 1 is 1.16 bits per heavy atom. The Kier molecular flexibility index (Phi) is 4.41. The quantitative estimate of drug-likeness (QED) is 0.859. The van der Waals surface area contributed by atoms with Crippen molar-refractivity contribution in [1.82, 2.24) is 14.5 Å². The number of para-hydroxylation sites is 1. The molecular weight excluding hydrogens is 322 g/mol. The number of hydrogen-bond donors (Lipinski definition) is 1. The van der Waals surface area contributed by atoms with E-state index in [0.717, 1.165) is 0 Å². The molecule has 3 rings (SSSR count). The van der Waals surface area contributed by atoms with Crippen LogP contribution in [-0.4, -0.2) is 39.2 Å². The second-order valence-electron chi connectivity index (χ2n) is 7.35. The maximum Gasteiger partial charge on any atom is 0.410 e. The molecule has 1 aliphatic rings. The number of fused-ring (bicyclic) bond motifs is 1. The molecule has 0 spiro atoms. The Bertz CT molecular complexity index is 899. The summed E-state index contributed by atoms with van der Waals surface area (Å²) in [7, 11) is 0. The highest BCUT2D eigenvalue weighted by Crippen LogP contribution is 2.22. The van der Waals surface area contributed by atoms with Crippen LogP contribution in [0.15, 0.2) is 33.9 Å². The number of piperidine rings is 1. The lowest BCUT2D eigenvalue weighted by Crippen LogP contribution is -2.46. The van der Waals surface area contributed by atoms with Gasteiger partial charge in [-0.05, 0) is 45.7 Å². The van der Waals surface area contributed by atoms with Gasteiger partial charge in [0.25, 0.3) is 5.56 Å². The molecule has 0 aliphatic carbocycles. The lowest BCUT2D eigenvalue weighted by Gasteiger charge is -2.33. The SMILES string of the molecule is CC(C)(C)OC(=O)N1CCC(n2c(=O)[nH]c3ccccc3c2=O)CC1. The van der Waals surface area contributed by atoms with Crippen molar-refractivity contribution in [2.24, 2.45) is 0 Å². The van der Waals surface area contributed by atoms with Crippen LogP contribution in [0.3, 0.4) is 0 Å². The van der Waals surface area contributed by atoms with Crippen molar-refractivity contribution in [2.75, 3.05) is 13.1 Å². The Labute approximate surface area is 145 Å². The van der Waals surface area contributed by atoms with Crippen LogP contribution in [0.25, 0.3) is 10.9 Å². The number of benzene rings is 1. The van der Waals surface area contributed by atoms with Gasteiger partial charge in [-0.25, -0.2) is 9.59 Å². The average Bonchev–Trinajstić information content (AvgIpc) is 2.54. The highest BCUT2D eigenvalue weighted by molar-refractivity contribution is 5.76. The van der Waals surface area contributed by atoms with Gasteiger partial charge in [0.1, 0.15) is 5.60 Å². The Morgan fingerprint density at radius 3 is 2.44 bits per heavy atom. The molecule has 1 fully saturated rings. The lowest BCUT2D eigenvalue weighted by atomic mass is 10.0. The maximum atomic E-state index is 12.7. The predicted molar refractivity (Wildman–Crippen MR) is 94.9 cm³/mol. The summed E-state index contributed by atoms with van der Waals surface area (Å²) in [5.74, 6) is 0. The van der Waals surface area contributed by atoms with Crippen LogP contribution in [-0.2, 0) is 4.74 Å². The number of hydrogen-bond acceptors (Lipinski definition) is 4. The number of aromatic amines is 1. The summed E-state index contributed by atoms with van der Waals surface area (Å²) in [5, 5.41) is 0.497. The van der Waals surface area contributed by atoms with E-state index in [-0.39, 0.29) is 17.7 Å². The first-order valence-corrected chi connectivity index (χ1v) is 8.48. The van der Waals surface area contributed by atoms with Gasteiger partial charge in [0.2, 0.25) is 0 Å². The summed E-state index contributed by atoms with van der Waals surface area (Å²) >= 11 is 0. The van der Waals surface area contributed by atoms with Crippen molar-refractivity contribution < 1.29 is 9.53 Å². The van der Waals surface area contributed by atoms with Crippen molar-refractivity contribution in [3.8, 4) is 0 Å². The molecule has 2 heterocycles. The first-order chi connectivity index (χ1) is 11.8. The van der Waals surface area contributed by atoms with Gasteiger partial charge in [-0.2, -0.15) is 0 Å². The maximum absolute atomic E-state index is 12.7. The normalized spacial score (nSPS) is 16.2. The second kappa shape index (κ2) is 6.38. The number of H-pyrrole nitrogens is 1.